The molecule has 0 unspecified atom stereocenters. The van der Waals surface area contributed by atoms with E-state index in [0.29, 0.717) is 17.1 Å². The SMILES string of the molecule is Cc1ccc(C(=O)n2nc(-c3ccccn3)nc2N)cc1. The lowest BCUT2D eigenvalue weighted by molar-refractivity contribution is 0.0948. The van der Waals surface area contributed by atoms with Gasteiger partial charge in [0.2, 0.25) is 11.8 Å². The van der Waals surface area contributed by atoms with Crippen LogP contribution in [0.3, 0.4) is 0 Å². The summed E-state index contributed by atoms with van der Waals surface area (Å²) in [5.41, 5.74) is 7.94. The summed E-state index contributed by atoms with van der Waals surface area (Å²) in [5.74, 6) is 0.0528. The molecule has 0 saturated carbocycles. The van der Waals surface area contributed by atoms with Crippen molar-refractivity contribution in [3.63, 3.8) is 0 Å². The van der Waals surface area contributed by atoms with Gasteiger partial charge in [-0.05, 0) is 31.2 Å². The Bertz CT molecular complexity index is 778. The average Bonchev–Trinajstić information content (AvgIpc) is 2.90. The summed E-state index contributed by atoms with van der Waals surface area (Å²) in [6.07, 6.45) is 1.63. The third-order valence-electron chi connectivity index (χ3n) is 3.02. The van der Waals surface area contributed by atoms with Crippen LogP contribution in [0.1, 0.15) is 15.9 Å². The molecule has 0 aliphatic carbocycles. The van der Waals surface area contributed by atoms with Gasteiger partial charge in [-0.15, -0.1) is 5.10 Å². The smallest absolute Gasteiger partial charge is 0.281 e. The predicted molar refractivity (Wildman–Crippen MR) is 78.6 cm³/mol. The Balaban J connectivity index is 1.98. The van der Waals surface area contributed by atoms with Crippen LogP contribution in [-0.4, -0.2) is 25.7 Å². The lowest BCUT2D eigenvalue weighted by atomic mass is 10.1. The zero-order valence-electron chi connectivity index (χ0n) is 11.4. The van der Waals surface area contributed by atoms with Crippen molar-refractivity contribution in [1.82, 2.24) is 19.7 Å². The second-order valence-electron chi connectivity index (χ2n) is 4.59. The Labute approximate surface area is 121 Å². The molecule has 0 aliphatic heterocycles. The molecular weight excluding hydrogens is 266 g/mol. The first-order chi connectivity index (χ1) is 10.1. The fourth-order valence-electron chi connectivity index (χ4n) is 1.90. The number of nitrogens with two attached hydrogens (primary N) is 1. The summed E-state index contributed by atoms with van der Waals surface area (Å²) < 4.78 is 1.09. The van der Waals surface area contributed by atoms with Crippen LogP contribution in [-0.2, 0) is 0 Å². The molecule has 1 aromatic carbocycles. The Hall–Kier alpha value is -3.02. The summed E-state index contributed by atoms with van der Waals surface area (Å²) in [4.78, 5) is 20.6. The number of hydrogen-bond donors (Lipinski definition) is 1. The van der Waals surface area contributed by atoms with Crippen molar-refractivity contribution in [2.24, 2.45) is 0 Å². The van der Waals surface area contributed by atoms with Crippen molar-refractivity contribution >= 4 is 11.9 Å². The highest BCUT2D eigenvalue weighted by Gasteiger charge is 2.17. The maximum absolute atomic E-state index is 12.4. The second-order valence-corrected chi connectivity index (χ2v) is 4.59. The van der Waals surface area contributed by atoms with E-state index in [9.17, 15) is 4.79 Å². The van der Waals surface area contributed by atoms with Gasteiger partial charge in [-0.3, -0.25) is 9.78 Å². The van der Waals surface area contributed by atoms with E-state index in [1.54, 1.807) is 30.5 Å². The number of aromatic nitrogens is 4. The number of anilines is 1. The van der Waals surface area contributed by atoms with Gasteiger partial charge in [0.25, 0.3) is 5.91 Å². The average molecular weight is 279 g/mol. The van der Waals surface area contributed by atoms with Crippen molar-refractivity contribution in [3.05, 3.63) is 59.8 Å². The first-order valence-electron chi connectivity index (χ1n) is 6.40. The van der Waals surface area contributed by atoms with Gasteiger partial charge in [-0.2, -0.15) is 9.67 Å². The maximum Gasteiger partial charge on any atom is 0.281 e. The van der Waals surface area contributed by atoms with Crippen molar-refractivity contribution in [3.8, 4) is 11.5 Å². The molecule has 0 fully saturated rings. The molecule has 3 rings (SSSR count). The Morgan fingerprint density at radius 3 is 2.57 bits per heavy atom. The van der Waals surface area contributed by atoms with E-state index in [0.717, 1.165) is 10.2 Å². The Morgan fingerprint density at radius 2 is 1.90 bits per heavy atom. The number of pyridine rings is 1. The Kier molecular flexibility index (Phi) is 3.19. The number of carbonyl (C=O) groups excluding carboxylic acids is 1. The second kappa shape index (κ2) is 5.16. The number of hydrogen-bond acceptors (Lipinski definition) is 5. The van der Waals surface area contributed by atoms with Crippen molar-refractivity contribution < 1.29 is 4.79 Å². The third kappa shape index (κ3) is 2.51. The summed E-state index contributed by atoms with van der Waals surface area (Å²) >= 11 is 0. The minimum Gasteiger partial charge on any atom is -0.368 e. The summed E-state index contributed by atoms with van der Waals surface area (Å²) in [5, 5.41) is 4.15. The summed E-state index contributed by atoms with van der Waals surface area (Å²) in [7, 11) is 0. The zero-order valence-corrected chi connectivity index (χ0v) is 11.4. The summed E-state index contributed by atoms with van der Waals surface area (Å²) in [6.45, 7) is 1.96. The zero-order chi connectivity index (χ0) is 14.8. The van der Waals surface area contributed by atoms with E-state index in [1.807, 2.05) is 25.1 Å². The van der Waals surface area contributed by atoms with Gasteiger partial charge in [0.1, 0.15) is 5.69 Å². The minimum atomic E-state index is -0.317. The van der Waals surface area contributed by atoms with Gasteiger partial charge in [0.05, 0.1) is 0 Å². The molecule has 2 heterocycles. The molecular formula is C15H13N5O. The molecule has 2 N–H and O–H groups in total. The molecule has 104 valence electrons. The van der Waals surface area contributed by atoms with Crippen LogP contribution in [0.5, 0.6) is 0 Å². The monoisotopic (exact) mass is 279 g/mol. The van der Waals surface area contributed by atoms with Gasteiger partial charge in [-0.1, -0.05) is 23.8 Å². The lowest BCUT2D eigenvalue weighted by Gasteiger charge is -2.01. The highest BCUT2D eigenvalue weighted by atomic mass is 16.2. The van der Waals surface area contributed by atoms with Crippen LogP contribution >= 0.6 is 0 Å². The van der Waals surface area contributed by atoms with Gasteiger partial charge in [0, 0.05) is 11.8 Å². The third-order valence-corrected chi connectivity index (χ3v) is 3.02. The minimum absolute atomic E-state index is 0.0428. The topological polar surface area (TPSA) is 86.7 Å². The standard InChI is InChI=1S/C15H13N5O/c1-10-5-7-11(8-6-10)14(21)20-15(16)18-13(19-20)12-4-2-3-9-17-12/h2-9H,1H3,(H2,16,18,19). The van der Waals surface area contributed by atoms with Crippen LogP contribution in [0.4, 0.5) is 5.95 Å². The van der Waals surface area contributed by atoms with E-state index < -0.39 is 0 Å². The van der Waals surface area contributed by atoms with Crippen LogP contribution in [0.2, 0.25) is 0 Å². The molecule has 0 spiro atoms. The lowest BCUT2D eigenvalue weighted by Crippen LogP contribution is -2.16. The molecule has 0 amide bonds. The first-order valence-corrected chi connectivity index (χ1v) is 6.40. The highest BCUT2D eigenvalue weighted by molar-refractivity contribution is 5.96. The molecule has 6 heteroatoms. The van der Waals surface area contributed by atoms with Gasteiger partial charge in [-0.25, -0.2) is 0 Å². The number of nitrogen functional groups attached to an aromatic ring is 1. The number of carbonyl (C=O) groups is 1. The molecule has 2 aromatic heterocycles. The van der Waals surface area contributed by atoms with Crippen LogP contribution in [0.25, 0.3) is 11.5 Å². The van der Waals surface area contributed by atoms with E-state index in [4.69, 9.17) is 5.73 Å². The predicted octanol–water partition coefficient (Wildman–Crippen LogP) is 1.92. The van der Waals surface area contributed by atoms with Gasteiger partial charge < -0.3 is 5.73 Å². The number of nitrogens with zero attached hydrogens (tertiary/aromatic N) is 4. The molecule has 0 atom stereocenters. The van der Waals surface area contributed by atoms with E-state index in [2.05, 4.69) is 15.1 Å². The molecule has 3 aromatic rings. The van der Waals surface area contributed by atoms with Crippen LogP contribution in [0, 0.1) is 6.92 Å². The fraction of sp³-hybridized carbons (Fsp3) is 0.0667. The van der Waals surface area contributed by atoms with Crippen molar-refractivity contribution in [2.45, 2.75) is 6.92 Å². The van der Waals surface area contributed by atoms with Gasteiger partial charge >= 0.3 is 0 Å². The number of aryl methyl sites for hydroxylation is 1. The van der Waals surface area contributed by atoms with E-state index >= 15 is 0 Å². The summed E-state index contributed by atoms with van der Waals surface area (Å²) in [6, 6.07) is 12.6. The molecule has 6 nitrogen and oxygen atoms in total. The van der Waals surface area contributed by atoms with Crippen molar-refractivity contribution in [2.75, 3.05) is 5.73 Å². The highest BCUT2D eigenvalue weighted by Crippen LogP contribution is 2.15. The van der Waals surface area contributed by atoms with Gasteiger partial charge in [0.15, 0.2) is 0 Å². The number of benzene rings is 1. The quantitative estimate of drug-likeness (QED) is 0.774. The normalized spacial score (nSPS) is 10.5. The van der Waals surface area contributed by atoms with E-state index in [-0.39, 0.29) is 11.9 Å². The largest absolute Gasteiger partial charge is 0.368 e. The van der Waals surface area contributed by atoms with E-state index in [1.165, 1.54) is 0 Å². The molecule has 0 radical (unpaired) electrons. The molecule has 21 heavy (non-hydrogen) atoms. The fourth-order valence-corrected chi connectivity index (χ4v) is 1.90. The molecule has 0 aliphatic rings. The Morgan fingerprint density at radius 1 is 1.14 bits per heavy atom. The maximum atomic E-state index is 12.4. The van der Waals surface area contributed by atoms with Crippen molar-refractivity contribution in [1.29, 1.82) is 0 Å². The van der Waals surface area contributed by atoms with Crippen LogP contribution < -0.4 is 5.73 Å². The molecule has 0 bridgehead atoms. The van der Waals surface area contributed by atoms with Crippen LogP contribution in [0.15, 0.2) is 48.7 Å². The number of rotatable bonds is 2. The first kappa shape index (κ1) is 13.0. The molecule has 0 saturated heterocycles.